The van der Waals surface area contributed by atoms with Crippen LogP contribution in [0.25, 0.3) is 0 Å². The minimum Gasteiger partial charge on any atom is -0.298 e. The van der Waals surface area contributed by atoms with Crippen molar-refractivity contribution in [3.05, 3.63) is 0 Å². The van der Waals surface area contributed by atoms with E-state index in [1.165, 1.54) is 37.2 Å². The van der Waals surface area contributed by atoms with E-state index in [-0.39, 0.29) is 16.2 Å². The van der Waals surface area contributed by atoms with Gasteiger partial charge in [0, 0.05) is 10.8 Å². The highest BCUT2D eigenvalue weighted by atomic mass is 32.2. The Hall–Kier alpha value is 0.370. The van der Waals surface area contributed by atoms with E-state index < -0.39 is 0 Å². The maximum atomic E-state index is 13.5. The molecule has 4 aliphatic rings. The van der Waals surface area contributed by atoms with Gasteiger partial charge in [0.25, 0.3) is 0 Å². The van der Waals surface area contributed by atoms with Crippen LogP contribution in [0, 0.1) is 28.1 Å². The molecule has 1 aliphatic heterocycles. The van der Waals surface area contributed by atoms with Crippen molar-refractivity contribution in [2.75, 3.05) is 11.5 Å². The smallest absolute Gasteiger partial charge is 0.145 e. The van der Waals surface area contributed by atoms with Crippen molar-refractivity contribution in [1.29, 1.82) is 0 Å². The predicted octanol–water partition coefficient (Wildman–Crippen LogP) is 4.99. The summed E-state index contributed by atoms with van der Waals surface area (Å²) in [6.45, 7) is 9.34. The topological polar surface area (TPSA) is 17.1 Å². The highest BCUT2D eigenvalue weighted by Crippen LogP contribution is 2.79. The minimum atomic E-state index is -0.0946. The second-order valence-electron chi connectivity index (χ2n) is 8.89. The van der Waals surface area contributed by atoms with Gasteiger partial charge in [0.2, 0.25) is 0 Å². The molecular formula is C18H28OS2. The Morgan fingerprint density at radius 1 is 1.10 bits per heavy atom. The largest absolute Gasteiger partial charge is 0.298 e. The molecule has 1 heterocycles. The van der Waals surface area contributed by atoms with Crippen molar-refractivity contribution in [3.8, 4) is 0 Å². The molecule has 1 saturated heterocycles. The first kappa shape index (κ1) is 14.9. The van der Waals surface area contributed by atoms with Crippen LogP contribution in [0.3, 0.4) is 0 Å². The monoisotopic (exact) mass is 324 g/mol. The molecule has 0 unspecified atom stereocenters. The lowest BCUT2D eigenvalue weighted by Crippen LogP contribution is -2.40. The standard InChI is InChI=1S/C18H28OS2/c1-12-13-6-7-16(4)10-15(2,3)14(19)17(13,16)11-18(12)20-8-5-9-21-18/h12-13H,5-11H2,1-4H3/t12-,13-,16-,17+/m0/s1. The van der Waals surface area contributed by atoms with Crippen LogP contribution < -0.4 is 0 Å². The average molecular weight is 325 g/mol. The lowest BCUT2D eigenvalue weighted by Gasteiger charge is -2.40. The maximum Gasteiger partial charge on any atom is 0.145 e. The van der Waals surface area contributed by atoms with E-state index in [1.807, 2.05) is 0 Å². The van der Waals surface area contributed by atoms with Crippen LogP contribution in [0.4, 0.5) is 0 Å². The molecule has 3 aliphatic carbocycles. The van der Waals surface area contributed by atoms with Gasteiger partial charge in [-0.2, -0.15) is 0 Å². The summed E-state index contributed by atoms with van der Waals surface area (Å²) in [5, 5.41) is 0. The summed E-state index contributed by atoms with van der Waals surface area (Å²) >= 11 is 4.39. The second-order valence-corrected chi connectivity index (χ2v) is 12.0. The molecule has 4 atom stereocenters. The Labute approximate surface area is 137 Å². The van der Waals surface area contributed by atoms with Crippen molar-refractivity contribution in [2.45, 2.75) is 63.9 Å². The fourth-order valence-corrected chi connectivity index (χ4v) is 10.5. The molecule has 1 nitrogen and oxygen atoms in total. The van der Waals surface area contributed by atoms with Crippen LogP contribution in [0.1, 0.15) is 59.8 Å². The SMILES string of the molecule is C[C@H]1[C@@H]2CC[C@@]3(C)CC(C)(C)C(=O)[C@@]23CC12SCCCS2. The maximum absolute atomic E-state index is 13.5. The third kappa shape index (κ3) is 1.61. The Balaban J connectivity index is 1.82. The zero-order valence-electron chi connectivity index (χ0n) is 13.8. The van der Waals surface area contributed by atoms with Gasteiger partial charge >= 0.3 is 0 Å². The van der Waals surface area contributed by atoms with Crippen molar-refractivity contribution in [1.82, 2.24) is 0 Å². The van der Waals surface area contributed by atoms with Gasteiger partial charge in [-0.25, -0.2) is 0 Å². The molecule has 118 valence electrons. The molecule has 21 heavy (non-hydrogen) atoms. The first-order chi connectivity index (χ1) is 9.78. The number of hydrogen-bond acceptors (Lipinski definition) is 3. The molecule has 2 spiro atoms. The third-order valence-corrected chi connectivity index (χ3v) is 11.1. The fraction of sp³-hybridized carbons (Fsp3) is 0.944. The molecule has 4 rings (SSSR count). The Morgan fingerprint density at radius 3 is 2.43 bits per heavy atom. The summed E-state index contributed by atoms with van der Waals surface area (Å²) in [4.78, 5) is 13.5. The molecule has 3 heteroatoms. The van der Waals surface area contributed by atoms with Gasteiger partial charge in [-0.05, 0) is 60.9 Å². The summed E-state index contributed by atoms with van der Waals surface area (Å²) in [5.41, 5.74) is 0.185. The lowest BCUT2D eigenvalue weighted by molar-refractivity contribution is -0.135. The van der Waals surface area contributed by atoms with E-state index in [0.717, 1.165) is 6.42 Å². The van der Waals surface area contributed by atoms with E-state index in [1.54, 1.807) is 0 Å². The van der Waals surface area contributed by atoms with Crippen LogP contribution in [0.2, 0.25) is 0 Å². The van der Waals surface area contributed by atoms with E-state index >= 15 is 0 Å². The molecule has 0 N–H and O–H groups in total. The highest BCUT2D eigenvalue weighted by molar-refractivity contribution is 8.18. The number of thioether (sulfide) groups is 2. The number of carbonyl (C=O) groups is 1. The first-order valence-corrected chi connectivity index (χ1v) is 10.6. The third-order valence-electron chi connectivity index (χ3n) is 7.37. The van der Waals surface area contributed by atoms with E-state index in [9.17, 15) is 4.79 Å². The second kappa shape index (κ2) is 4.26. The molecule has 4 fully saturated rings. The van der Waals surface area contributed by atoms with Gasteiger partial charge in [0.1, 0.15) is 5.78 Å². The van der Waals surface area contributed by atoms with Crippen molar-refractivity contribution in [2.24, 2.45) is 28.1 Å². The van der Waals surface area contributed by atoms with Crippen molar-refractivity contribution >= 4 is 29.3 Å². The number of carbonyl (C=O) groups excluding carboxylic acids is 1. The van der Waals surface area contributed by atoms with Gasteiger partial charge in [-0.3, -0.25) is 4.79 Å². The number of rotatable bonds is 0. The summed E-state index contributed by atoms with van der Waals surface area (Å²) in [6.07, 6.45) is 6.20. The molecule has 3 saturated carbocycles. The zero-order valence-corrected chi connectivity index (χ0v) is 15.5. The van der Waals surface area contributed by atoms with Crippen molar-refractivity contribution < 1.29 is 4.79 Å². The normalized spacial score (nSPS) is 50.4. The van der Waals surface area contributed by atoms with E-state index in [2.05, 4.69) is 51.2 Å². The zero-order chi connectivity index (χ0) is 15.1. The summed E-state index contributed by atoms with van der Waals surface area (Å²) in [7, 11) is 0. The summed E-state index contributed by atoms with van der Waals surface area (Å²) in [5.74, 6) is 4.57. The summed E-state index contributed by atoms with van der Waals surface area (Å²) < 4.78 is 0.348. The van der Waals surface area contributed by atoms with Crippen LogP contribution >= 0.6 is 23.5 Å². The molecule has 0 bridgehead atoms. The number of ketones is 1. The number of hydrogen-bond donors (Lipinski definition) is 0. The van der Waals surface area contributed by atoms with Gasteiger partial charge < -0.3 is 0 Å². The minimum absolute atomic E-state index is 0.00720. The fourth-order valence-electron chi connectivity index (χ4n) is 6.65. The van der Waals surface area contributed by atoms with Gasteiger partial charge in [-0.15, -0.1) is 23.5 Å². The molecular weight excluding hydrogens is 296 g/mol. The van der Waals surface area contributed by atoms with Crippen LogP contribution in [0.5, 0.6) is 0 Å². The Morgan fingerprint density at radius 2 is 1.76 bits per heavy atom. The van der Waals surface area contributed by atoms with Crippen LogP contribution in [0.15, 0.2) is 0 Å². The molecule has 0 aromatic rings. The number of Topliss-reactive ketones (excluding diaryl/α,β-unsaturated/α-hetero) is 1. The molecule has 0 radical (unpaired) electrons. The summed E-state index contributed by atoms with van der Waals surface area (Å²) in [6, 6.07) is 0. The highest BCUT2D eigenvalue weighted by Gasteiger charge is 2.76. The van der Waals surface area contributed by atoms with Gasteiger partial charge in [-0.1, -0.05) is 27.7 Å². The Bertz CT molecular complexity index is 493. The van der Waals surface area contributed by atoms with Crippen molar-refractivity contribution in [3.63, 3.8) is 0 Å². The Kier molecular flexibility index (Phi) is 3.03. The molecule has 0 aromatic carbocycles. The van der Waals surface area contributed by atoms with Crippen LogP contribution in [-0.2, 0) is 4.79 Å². The first-order valence-electron chi connectivity index (χ1n) is 8.60. The predicted molar refractivity (Wildman–Crippen MR) is 92.7 cm³/mol. The lowest BCUT2D eigenvalue weighted by atomic mass is 9.65. The van der Waals surface area contributed by atoms with Gasteiger partial charge in [0.05, 0.1) is 4.08 Å². The van der Waals surface area contributed by atoms with Crippen LogP contribution in [-0.4, -0.2) is 21.4 Å². The molecule has 0 aromatic heterocycles. The molecule has 0 amide bonds. The average Bonchev–Trinajstić information content (AvgIpc) is 2.88. The quantitative estimate of drug-likeness (QED) is 0.624. The van der Waals surface area contributed by atoms with Gasteiger partial charge in [0.15, 0.2) is 0 Å². The van der Waals surface area contributed by atoms with E-state index in [0.29, 0.717) is 21.7 Å². The van der Waals surface area contributed by atoms with E-state index in [4.69, 9.17) is 0 Å².